The van der Waals surface area contributed by atoms with Crippen molar-refractivity contribution in [3.05, 3.63) is 29.6 Å². The van der Waals surface area contributed by atoms with Gasteiger partial charge in [0.15, 0.2) is 0 Å². The summed E-state index contributed by atoms with van der Waals surface area (Å²) in [6.45, 7) is 4.85. The number of anilines is 1. The Morgan fingerprint density at radius 3 is 2.61 bits per heavy atom. The highest BCUT2D eigenvalue weighted by Gasteiger charge is 2.51. The second-order valence-electron chi connectivity index (χ2n) is 8.78. The number of amides is 2. The van der Waals surface area contributed by atoms with Gasteiger partial charge in [-0.15, -0.1) is 0 Å². The third kappa shape index (κ3) is 5.49. The van der Waals surface area contributed by atoms with E-state index in [1.807, 2.05) is 0 Å². The lowest BCUT2D eigenvalue weighted by Gasteiger charge is -2.31. The minimum atomic E-state index is -4.81. The van der Waals surface area contributed by atoms with Crippen molar-refractivity contribution in [1.29, 1.82) is 0 Å². The van der Waals surface area contributed by atoms with Gasteiger partial charge >= 0.3 is 12.2 Å². The van der Waals surface area contributed by atoms with Crippen LogP contribution in [0.1, 0.15) is 37.7 Å². The van der Waals surface area contributed by atoms with Gasteiger partial charge in [-0.05, 0) is 68.7 Å². The molecule has 3 fully saturated rings. The lowest BCUT2D eigenvalue weighted by atomic mass is 10.1. The molecule has 1 aromatic rings. The summed E-state index contributed by atoms with van der Waals surface area (Å²) in [7, 11) is 0. The fourth-order valence-corrected chi connectivity index (χ4v) is 4.94. The topological polar surface area (TPSA) is 44.8 Å². The maximum atomic E-state index is 13.6. The second-order valence-corrected chi connectivity index (χ2v) is 8.78. The van der Waals surface area contributed by atoms with Gasteiger partial charge in [0.2, 0.25) is 0 Å². The van der Waals surface area contributed by atoms with E-state index < -0.39 is 23.6 Å². The normalized spacial score (nSPS) is 25.9. The Hall–Kier alpha value is -1.87. The minimum absolute atomic E-state index is 0.0395. The van der Waals surface area contributed by atoms with Gasteiger partial charge in [-0.1, -0.05) is 0 Å². The molecule has 2 amide bonds. The van der Waals surface area contributed by atoms with Gasteiger partial charge in [-0.2, -0.15) is 13.2 Å². The first-order chi connectivity index (χ1) is 14.8. The number of hydrogen-bond acceptors (Lipinski definition) is 3. The predicted molar refractivity (Wildman–Crippen MR) is 108 cm³/mol. The van der Waals surface area contributed by atoms with E-state index in [0.717, 1.165) is 71.0 Å². The fourth-order valence-electron chi connectivity index (χ4n) is 4.94. The zero-order valence-corrected chi connectivity index (χ0v) is 17.5. The number of urea groups is 1. The monoisotopic (exact) mass is 443 g/mol. The number of carbonyl (C=O) groups is 1. The first-order valence-electron chi connectivity index (χ1n) is 11.1. The predicted octanol–water partition coefficient (Wildman–Crippen LogP) is 4.59. The average Bonchev–Trinajstić information content (AvgIpc) is 3.40. The number of unbranched alkanes of at least 4 members (excludes halogenated alkanes) is 1. The molecule has 31 heavy (non-hydrogen) atoms. The summed E-state index contributed by atoms with van der Waals surface area (Å²) in [6.07, 6.45) is 0.119. The van der Waals surface area contributed by atoms with Gasteiger partial charge in [0.25, 0.3) is 0 Å². The standard InChI is InChI=1S/C22H29F4N3O2/c23-19-5-4-16(14-18(19)22(24,25)26)27-21(30)29(20-6-3-15-13-17(15)20)8-2-1-7-28-9-11-31-12-10-28/h4-5,14-15,17,20H,1-3,6-13H2,(H,27,30). The van der Waals surface area contributed by atoms with Crippen molar-refractivity contribution in [3.8, 4) is 0 Å². The number of alkyl halides is 3. The van der Waals surface area contributed by atoms with Crippen LogP contribution in [0, 0.1) is 17.7 Å². The summed E-state index contributed by atoms with van der Waals surface area (Å²) in [6, 6.07) is 2.32. The molecular formula is C22H29F4N3O2. The molecule has 3 atom stereocenters. The van der Waals surface area contributed by atoms with Crippen molar-refractivity contribution >= 4 is 11.7 Å². The Morgan fingerprint density at radius 2 is 1.97 bits per heavy atom. The zero-order chi connectivity index (χ0) is 22.0. The van der Waals surface area contributed by atoms with Crippen LogP contribution in [0.15, 0.2) is 18.2 Å². The van der Waals surface area contributed by atoms with Crippen molar-refractivity contribution < 1.29 is 27.1 Å². The molecule has 1 N–H and O–H groups in total. The van der Waals surface area contributed by atoms with Crippen LogP contribution in [-0.4, -0.2) is 61.3 Å². The number of morpholine rings is 1. The van der Waals surface area contributed by atoms with Gasteiger partial charge in [0, 0.05) is 31.4 Å². The number of rotatable bonds is 7. The number of nitrogens with one attached hydrogen (secondary N) is 1. The third-order valence-electron chi connectivity index (χ3n) is 6.72. The van der Waals surface area contributed by atoms with Crippen LogP contribution in [0.2, 0.25) is 0 Å². The van der Waals surface area contributed by atoms with Crippen molar-refractivity contribution in [2.24, 2.45) is 11.8 Å². The number of halogens is 4. The van der Waals surface area contributed by atoms with Crippen LogP contribution >= 0.6 is 0 Å². The maximum Gasteiger partial charge on any atom is 0.419 e. The molecule has 1 saturated heterocycles. The molecule has 9 heteroatoms. The van der Waals surface area contributed by atoms with Crippen LogP contribution in [-0.2, 0) is 10.9 Å². The highest BCUT2D eigenvalue weighted by atomic mass is 19.4. The van der Waals surface area contributed by atoms with E-state index in [-0.39, 0.29) is 11.7 Å². The van der Waals surface area contributed by atoms with Crippen molar-refractivity contribution in [2.45, 2.75) is 44.3 Å². The molecule has 172 valence electrons. The van der Waals surface area contributed by atoms with E-state index in [9.17, 15) is 22.4 Å². The number of ether oxygens (including phenoxy) is 1. The van der Waals surface area contributed by atoms with E-state index in [4.69, 9.17) is 4.74 Å². The summed E-state index contributed by atoms with van der Waals surface area (Å²) < 4.78 is 58.0. The van der Waals surface area contributed by atoms with Gasteiger partial charge in [0.05, 0.1) is 18.8 Å². The average molecular weight is 443 g/mol. The van der Waals surface area contributed by atoms with Gasteiger partial charge < -0.3 is 15.0 Å². The molecule has 0 bridgehead atoms. The lowest BCUT2D eigenvalue weighted by molar-refractivity contribution is -0.139. The molecule has 5 nitrogen and oxygen atoms in total. The van der Waals surface area contributed by atoms with E-state index in [1.165, 1.54) is 6.07 Å². The molecule has 4 rings (SSSR count). The highest BCUT2D eigenvalue weighted by Crippen LogP contribution is 2.53. The summed E-state index contributed by atoms with van der Waals surface area (Å²) in [5.41, 5.74) is -1.41. The van der Waals surface area contributed by atoms with Crippen LogP contribution in [0.3, 0.4) is 0 Å². The zero-order valence-electron chi connectivity index (χ0n) is 17.5. The van der Waals surface area contributed by atoms with Crippen LogP contribution in [0.5, 0.6) is 0 Å². The van der Waals surface area contributed by atoms with E-state index in [2.05, 4.69) is 10.2 Å². The Morgan fingerprint density at radius 1 is 1.19 bits per heavy atom. The number of carbonyl (C=O) groups excluding carboxylic acids is 1. The number of nitrogens with zero attached hydrogens (tertiary/aromatic N) is 2. The van der Waals surface area contributed by atoms with Crippen LogP contribution in [0.4, 0.5) is 28.0 Å². The number of benzene rings is 1. The third-order valence-corrected chi connectivity index (χ3v) is 6.72. The molecule has 2 saturated carbocycles. The minimum Gasteiger partial charge on any atom is -0.379 e. The second kappa shape index (κ2) is 9.32. The molecule has 2 aliphatic carbocycles. The number of hydrogen-bond donors (Lipinski definition) is 1. The summed E-state index contributed by atoms with van der Waals surface area (Å²) in [5, 5.41) is 2.58. The molecule has 0 aromatic heterocycles. The Balaban J connectivity index is 1.37. The summed E-state index contributed by atoms with van der Waals surface area (Å²) in [5.74, 6) is -0.165. The van der Waals surface area contributed by atoms with Crippen molar-refractivity contribution in [1.82, 2.24) is 9.80 Å². The van der Waals surface area contributed by atoms with E-state index >= 15 is 0 Å². The molecule has 1 aromatic carbocycles. The fraction of sp³-hybridized carbons (Fsp3) is 0.682. The van der Waals surface area contributed by atoms with Crippen molar-refractivity contribution in [3.63, 3.8) is 0 Å². The van der Waals surface area contributed by atoms with Crippen molar-refractivity contribution in [2.75, 3.05) is 44.7 Å². The first kappa shape index (κ1) is 22.3. The maximum absolute atomic E-state index is 13.6. The highest BCUT2D eigenvalue weighted by molar-refractivity contribution is 5.89. The van der Waals surface area contributed by atoms with Gasteiger partial charge in [-0.3, -0.25) is 4.90 Å². The van der Waals surface area contributed by atoms with E-state index in [1.54, 1.807) is 4.90 Å². The quantitative estimate of drug-likeness (QED) is 0.495. The molecule has 3 aliphatic rings. The SMILES string of the molecule is O=C(Nc1ccc(F)c(C(F)(F)F)c1)N(CCCCN1CCOCC1)C1CCC2CC21. The van der Waals surface area contributed by atoms with Crippen LogP contribution in [0.25, 0.3) is 0 Å². The Labute approximate surface area is 179 Å². The molecule has 1 aliphatic heterocycles. The molecular weight excluding hydrogens is 414 g/mol. The number of fused-ring (bicyclic) bond motifs is 1. The molecule has 0 spiro atoms. The Bertz CT molecular complexity index is 783. The Kier molecular flexibility index (Phi) is 6.71. The van der Waals surface area contributed by atoms with Crippen LogP contribution < -0.4 is 5.32 Å². The molecule has 3 unspecified atom stereocenters. The lowest BCUT2D eigenvalue weighted by Crippen LogP contribution is -2.44. The van der Waals surface area contributed by atoms with E-state index in [0.29, 0.717) is 24.4 Å². The smallest absolute Gasteiger partial charge is 0.379 e. The molecule has 1 heterocycles. The largest absolute Gasteiger partial charge is 0.419 e. The summed E-state index contributed by atoms with van der Waals surface area (Å²) in [4.78, 5) is 17.2. The van der Waals surface area contributed by atoms with Gasteiger partial charge in [0.1, 0.15) is 5.82 Å². The van der Waals surface area contributed by atoms with Gasteiger partial charge in [-0.25, -0.2) is 9.18 Å². The summed E-state index contributed by atoms with van der Waals surface area (Å²) >= 11 is 0. The first-order valence-corrected chi connectivity index (χ1v) is 11.1. The molecule has 0 radical (unpaired) electrons.